The highest BCUT2D eigenvalue weighted by Crippen LogP contribution is 2.28. The topological polar surface area (TPSA) is 64.8 Å². The SMILES string of the molecule is Cc1cc(N2CCC(C3OCCO3)CC2)n2ncnc2n1. The molecule has 2 saturated heterocycles. The van der Waals surface area contributed by atoms with Crippen LogP contribution in [-0.4, -0.2) is 52.2 Å². The standard InChI is InChI=1S/C14H19N5O2/c1-10-8-12(19-14(17-10)15-9-16-19)18-4-2-11(3-5-18)13-20-6-7-21-13/h8-9,11,13H,2-7H2,1H3. The average molecular weight is 289 g/mol. The van der Waals surface area contributed by atoms with Gasteiger partial charge in [-0.05, 0) is 19.8 Å². The predicted molar refractivity (Wildman–Crippen MR) is 76.1 cm³/mol. The van der Waals surface area contributed by atoms with Gasteiger partial charge in [0.1, 0.15) is 12.1 Å². The van der Waals surface area contributed by atoms with Gasteiger partial charge in [-0.25, -0.2) is 4.98 Å². The van der Waals surface area contributed by atoms with E-state index in [-0.39, 0.29) is 6.29 Å². The van der Waals surface area contributed by atoms with E-state index in [1.807, 2.05) is 11.4 Å². The second kappa shape index (κ2) is 5.23. The molecule has 4 rings (SSSR count). The molecule has 2 fully saturated rings. The Labute approximate surface area is 122 Å². The molecule has 0 bridgehead atoms. The lowest BCUT2D eigenvalue weighted by molar-refractivity contribution is -0.0889. The second-order valence-electron chi connectivity index (χ2n) is 5.66. The van der Waals surface area contributed by atoms with Gasteiger partial charge in [-0.3, -0.25) is 0 Å². The molecular weight excluding hydrogens is 270 g/mol. The van der Waals surface area contributed by atoms with E-state index in [4.69, 9.17) is 9.47 Å². The lowest BCUT2D eigenvalue weighted by Crippen LogP contribution is -2.39. The maximum Gasteiger partial charge on any atom is 0.254 e. The van der Waals surface area contributed by atoms with Crippen LogP contribution in [0.4, 0.5) is 5.82 Å². The van der Waals surface area contributed by atoms with Crippen LogP contribution in [0.25, 0.3) is 5.78 Å². The number of hydrogen-bond acceptors (Lipinski definition) is 6. The van der Waals surface area contributed by atoms with Gasteiger partial charge in [-0.15, -0.1) is 0 Å². The van der Waals surface area contributed by atoms with Gasteiger partial charge in [0.25, 0.3) is 5.78 Å². The molecule has 2 aromatic rings. The fourth-order valence-corrected chi connectivity index (χ4v) is 3.19. The van der Waals surface area contributed by atoms with E-state index < -0.39 is 0 Å². The van der Waals surface area contributed by atoms with Gasteiger partial charge in [0.2, 0.25) is 0 Å². The Morgan fingerprint density at radius 1 is 1.19 bits per heavy atom. The van der Waals surface area contributed by atoms with Gasteiger partial charge in [-0.2, -0.15) is 14.6 Å². The van der Waals surface area contributed by atoms with Gasteiger partial charge in [0.05, 0.1) is 13.2 Å². The van der Waals surface area contributed by atoms with Crippen molar-refractivity contribution < 1.29 is 9.47 Å². The van der Waals surface area contributed by atoms with Crippen LogP contribution in [-0.2, 0) is 9.47 Å². The fraction of sp³-hybridized carbons (Fsp3) is 0.643. The van der Waals surface area contributed by atoms with Gasteiger partial charge in [0.15, 0.2) is 6.29 Å². The molecule has 0 saturated carbocycles. The summed E-state index contributed by atoms with van der Waals surface area (Å²) in [4.78, 5) is 10.9. The van der Waals surface area contributed by atoms with Crippen LogP contribution in [0.2, 0.25) is 0 Å². The molecule has 0 radical (unpaired) electrons. The number of hydrogen-bond donors (Lipinski definition) is 0. The van der Waals surface area contributed by atoms with Crippen LogP contribution in [0.15, 0.2) is 12.4 Å². The Morgan fingerprint density at radius 2 is 1.95 bits per heavy atom. The van der Waals surface area contributed by atoms with E-state index in [0.717, 1.165) is 50.7 Å². The third-order valence-corrected chi connectivity index (χ3v) is 4.26. The van der Waals surface area contributed by atoms with Crippen molar-refractivity contribution in [3.8, 4) is 0 Å². The lowest BCUT2D eigenvalue weighted by Gasteiger charge is -2.35. The highest BCUT2D eigenvalue weighted by Gasteiger charge is 2.31. The minimum Gasteiger partial charge on any atom is -0.356 e. The summed E-state index contributed by atoms with van der Waals surface area (Å²) in [5.41, 5.74) is 0.968. The van der Waals surface area contributed by atoms with E-state index in [0.29, 0.717) is 11.7 Å². The average Bonchev–Trinajstić information content (AvgIpc) is 3.17. The first-order chi connectivity index (χ1) is 10.3. The fourth-order valence-electron chi connectivity index (χ4n) is 3.19. The first-order valence-corrected chi connectivity index (χ1v) is 7.47. The highest BCUT2D eigenvalue weighted by atomic mass is 16.7. The summed E-state index contributed by atoms with van der Waals surface area (Å²) in [5.74, 6) is 2.23. The van der Waals surface area contributed by atoms with Gasteiger partial charge < -0.3 is 14.4 Å². The summed E-state index contributed by atoms with van der Waals surface area (Å²) in [6.07, 6.45) is 3.69. The summed E-state index contributed by atoms with van der Waals surface area (Å²) >= 11 is 0. The first kappa shape index (κ1) is 13.0. The Kier molecular flexibility index (Phi) is 3.23. The molecule has 112 valence electrons. The summed E-state index contributed by atoms with van der Waals surface area (Å²) in [6, 6.07) is 2.07. The smallest absolute Gasteiger partial charge is 0.254 e. The molecule has 7 heteroatoms. The van der Waals surface area contributed by atoms with Gasteiger partial charge in [0, 0.05) is 30.8 Å². The molecule has 4 heterocycles. The highest BCUT2D eigenvalue weighted by molar-refractivity contribution is 5.47. The van der Waals surface area contributed by atoms with E-state index in [2.05, 4.69) is 26.0 Å². The molecule has 0 spiro atoms. The van der Waals surface area contributed by atoms with Crippen molar-refractivity contribution in [1.82, 2.24) is 19.6 Å². The summed E-state index contributed by atoms with van der Waals surface area (Å²) in [7, 11) is 0. The minimum absolute atomic E-state index is 0.00212. The molecule has 0 N–H and O–H groups in total. The predicted octanol–water partition coefficient (Wildman–Crippen LogP) is 1.02. The number of fused-ring (bicyclic) bond motifs is 1. The van der Waals surface area contributed by atoms with Gasteiger partial charge >= 0.3 is 0 Å². The summed E-state index contributed by atoms with van der Waals surface area (Å²) in [5, 5.41) is 4.28. The third-order valence-electron chi connectivity index (χ3n) is 4.26. The van der Waals surface area contributed by atoms with Crippen LogP contribution >= 0.6 is 0 Å². The zero-order valence-corrected chi connectivity index (χ0v) is 12.1. The number of aryl methyl sites for hydroxylation is 1. The summed E-state index contributed by atoms with van der Waals surface area (Å²) in [6.45, 7) is 5.41. The van der Waals surface area contributed by atoms with Crippen LogP contribution in [0.5, 0.6) is 0 Å². The van der Waals surface area contributed by atoms with Crippen molar-refractivity contribution in [2.45, 2.75) is 26.1 Å². The van der Waals surface area contributed by atoms with Crippen LogP contribution in [0.1, 0.15) is 18.5 Å². The van der Waals surface area contributed by atoms with Crippen molar-refractivity contribution in [3.05, 3.63) is 18.1 Å². The van der Waals surface area contributed by atoms with Crippen LogP contribution in [0.3, 0.4) is 0 Å². The number of nitrogens with zero attached hydrogens (tertiary/aromatic N) is 5. The normalized spacial score (nSPS) is 21.5. The maximum absolute atomic E-state index is 5.63. The minimum atomic E-state index is -0.00212. The second-order valence-corrected chi connectivity index (χ2v) is 5.66. The molecule has 7 nitrogen and oxygen atoms in total. The van der Waals surface area contributed by atoms with Crippen molar-refractivity contribution >= 4 is 11.6 Å². The van der Waals surface area contributed by atoms with Crippen molar-refractivity contribution in [1.29, 1.82) is 0 Å². The first-order valence-electron chi connectivity index (χ1n) is 7.47. The number of aromatic nitrogens is 4. The van der Waals surface area contributed by atoms with Crippen molar-refractivity contribution in [2.24, 2.45) is 5.92 Å². The molecule has 2 aromatic heterocycles. The molecule has 2 aliphatic heterocycles. The largest absolute Gasteiger partial charge is 0.356 e. The lowest BCUT2D eigenvalue weighted by atomic mass is 9.96. The number of ether oxygens (including phenoxy) is 2. The van der Waals surface area contributed by atoms with E-state index >= 15 is 0 Å². The van der Waals surface area contributed by atoms with Crippen LogP contribution < -0.4 is 4.90 Å². The molecule has 0 amide bonds. The Hall–Kier alpha value is -1.73. The van der Waals surface area contributed by atoms with E-state index in [9.17, 15) is 0 Å². The van der Waals surface area contributed by atoms with E-state index in [1.165, 1.54) is 0 Å². The molecule has 2 aliphatic rings. The quantitative estimate of drug-likeness (QED) is 0.822. The molecule has 21 heavy (non-hydrogen) atoms. The van der Waals surface area contributed by atoms with Crippen molar-refractivity contribution in [3.63, 3.8) is 0 Å². The molecular formula is C14H19N5O2. The summed E-state index contributed by atoms with van der Waals surface area (Å²) < 4.78 is 13.1. The number of rotatable bonds is 2. The third kappa shape index (κ3) is 2.36. The van der Waals surface area contributed by atoms with Crippen LogP contribution in [0, 0.1) is 12.8 Å². The number of anilines is 1. The monoisotopic (exact) mass is 289 g/mol. The van der Waals surface area contributed by atoms with Crippen molar-refractivity contribution in [2.75, 3.05) is 31.2 Å². The molecule has 0 aromatic carbocycles. The van der Waals surface area contributed by atoms with E-state index in [1.54, 1.807) is 6.33 Å². The number of piperidine rings is 1. The Balaban J connectivity index is 1.53. The zero-order chi connectivity index (χ0) is 14.2. The molecule has 0 unspecified atom stereocenters. The Bertz CT molecular complexity index is 629. The zero-order valence-electron chi connectivity index (χ0n) is 12.1. The Morgan fingerprint density at radius 3 is 2.71 bits per heavy atom. The maximum atomic E-state index is 5.63. The molecule has 0 atom stereocenters. The molecule has 0 aliphatic carbocycles. The van der Waals surface area contributed by atoms with Gasteiger partial charge in [-0.1, -0.05) is 0 Å².